The van der Waals surface area contributed by atoms with E-state index in [1.54, 1.807) is 23.6 Å². The van der Waals surface area contributed by atoms with E-state index in [4.69, 9.17) is 4.74 Å². The van der Waals surface area contributed by atoms with Crippen LogP contribution in [0.5, 0.6) is 0 Å². The van der Waals surface area contributed by atoms with Gasteiger partial charge in [0.2, 0.25) is 21.8 Å². The van der Waals surface area contributed by atoms with Gasteiger partial charge < -0.3 is 20.3 Å². The maximum atomic E-state index is 14.7. The molecule has 3 aliphatic heterocycles. The van der Waals surface area contributed by atoms with Crippen LogP contribution in [0.25, 0.3) is 11.3 Å². The summed E-state index contributed by atoms with van der Waals surface area (Å²) in [6.45, 7) is -0.134. The van der Waals surface area contributed by atoms with Gasteiger partial charge >= 0.3 is 12.3 Å². The number of nitrogens with one attached hydrogen (secondary N) is 3. The number of fused-ring (bicyclic) bond motifs is 3. The number of allylic oxidation sites excluding steroid dienone is 1. The largest absolute Gasteiger partial charge is 0.444 e. The third-order valence-corrected chi connectivity index (χ3v) is 14.2. The highest BCUT2D eigenvalue weighted by atomic mass is 32.2. The number of anilines is 1. The highest BCUT2D eigenvalue weighted by Gasteiger charge is 2.62. The highest BCUT2D eigenvalue weighted by Crippen LogP contribution is 2.46. The fourth-order valence-corrected chi connectivity index (χ4v) is 10.2. The van der Waals surface area contributed by atoms with Crippen molar-refractivity contribution in [1.29, 1.82) is 0 Å². The highest BCUT2D eigenvalue weighted by molar-refractivity contribution is 7.91. The topological polar surface area (TPSA) is 167 Å². The van der Waals surface area contributed by atoms with Crippen LogP contribution in [0.2, 0.25) is 0 Å². The Morgan fingerprint density at radius 1 is 1.03 bits per heavy atom. The molecule has 8 rings (SSSR count). The summed E-state index contributed by atoms with van der Waals surface area (Å²) >= 11 is 1.10. The maximum absolute atomic E-state index is 14.7. The fraction of sp³-hybridized carbons (Fsp3) is 0.475. The molecule has 59 heavy (non-hydrogen) atoms. The van der Waals surface area contributed by atoms with Gasteiger partial charge in [-0.1, -0.05) is 49.3 Å². The Morgan fingerprint density at radius 3 is 2.59 bits per heavy atom. The van der Waals surface area contributed by atoms with Crippen LogP contribution in [-0.4, -0.2) is 82.5 Å². The second-order valence-electron chi connectivity index (χ2n) is 15.8. The summed E-state index contributed by atoms with van der Waals surface area (Å²) in [6.07, 6.45) is 1.16. The molecule has 5 atom stereocenters. The van der Waals surface area contributed by atoms with Crippen LogP contribution in [0.4, 0.5) is 27.5 Å². The molecular weight excluding hydrogens is 817 g/mol. The standard InChI is InChI=1S/C40H42F4N6O7S2/c41-30-12-7-9-24-19-49(21-29(24)30)38(54)57-27-17-33-34(51)47-39(36(53)48-59(55,56)28-14-15-28)18-26(39)10-4-2-1-3-5-13-31(35(52)50(33)20-27)45-37-46-32(22-58-37)23-8-6-11-25(16-23)40(42,43)44/h4,6-12,16,22,26-28,31,33H,1-3,5,13-15,17-21H2,(H,45,46)(H,47,51)(H,48,53)/b10-4-/t26-,27+,31-,33-,39-/m0/s1. The number of ether oxygens (including phenoxy) is 1. The Balaban J connectivity index is 1.06. The first-order valence-electron chi connectivity index (χ1n) is 19.6. The number of alkyl halides is 3. The van der Waals surface area contributed by atoms with Gasteiger partial charge in [-0.3, -0.25) is 24.0 Å². The number of thiazole rings is 1. The summed E-state index contributed by atoms with van der Waals surface area (Å²) in [5.74, 6) is -3.10. The lowest BCUT2D eigenvalue weighted by molar-refractivity contribution is -0.140. The minimum absolute atomic E-state index is 0.0291. The van der Waals surface area contributed by atoms with Crippen molar-refractivity contribution in [2.24, 2.45) is 5.92 Å². The molecule has 3 fully saturated rings. The molecule has 0 spiro atoms. The molecule has 0 bridgehead atoms. The third kappa shape index (κ3) is 8.67. The van der Waals surface area contributed by atoms with Crippen LogP contribution in [0.3, 0.4) is 0 Å². The Labute approximate surface area is 341 Å². The van der Waals surface area contributed by atoms with Crippen molar-refractivity contribution in [3.05, 3.63) is 82.5 Å². The van der Waals surface area contributed by atoms with Gasteiger partial charge in [-0.2, -0.15) is 13.2 Å². The van der Waals surface area contributed by atoms with Crippen molar-refractivity contribution >= 4 is 50.3 Å². The van der Waals surface area contributed by atoms with Crippen molar-refractivity contribution in [2.45, 2.75) is 106 Å². The summed E-state index contributed by atoms with van der Waals surface area (Å²) in [4.78, 5) is 63.3. The summed E-state index contributed by atoms with van der Waals surface area (Å²) in [6, 6.07) is 7.09. The van der Waals surface area contributed by atoms with E-state index in [9.17, 15) is 45.2 Å². The van der Waals surface area contributed by atoms with Crippen LogP contribution < -0.4 is 15.4 Å². The Bertz CT molecular complexity index is 2300. The number of amides is 4. The molecule has 1 saturated heterocycles. The first kappa shape index (κ1) is 40.7. The third-order valence-electron chi connectivity index (χ3n) is 11.6. The monoisotopic (exact) mass is 858 g/mol. The number of carbonyl (C=O) groups is 4. The molecule has 1 aromatic heterocycles. The summed E-state index contributed by atoms with van der Waals surface area (Å²) in [5.41, 5.74) is -0.935. The minimum atomic E-state index is -4.56. The molecule has 13 nitrogen and oxygen atoms in total. The summed E-state index contributed by atoms with van der Waals surface area (Å²) < 4.78 is 88.6. The summed E-state index contributed by atoms with van der Waals surface area (Å²) in [5, 5.41) is 7.09. The molecule has 4 amide bonds. The minimum Gasteiger partial charge on any atom is -0.444 e. The van der Waals surface area contributed by atoms with Gasteiger partial charge in [0.15, 0.2) is 5.13 Å². The molecule has 2 aliphatic carbocycles. The second kappa shape index (κ2) is 15.9. The average molecular weight is 859 g/mol. The number of aromatic nitrogens is 1. The zero-order valence-corrected chi connectivity index (χ0v) is 33.3. The van der Waals surface area contributed by atoms with Crippen LogP contribution in [0.1, 0.15) is 74.5 Å². The van der Waals surface area contributed by atoms with Crippen LogP contribution >= 0.6 is 11.3 Å². The lowest BCUT2D eigenvalue weighted by Crippen LogP contribution is -2.57. The molecular formula is C40H42F4N6O7S2. The van der Waals surface area contributed by atoms with E-state index in [1.807, 2.05) is 6.08 Å². The van der Waals surface area contributed by atoms with Crippen molar-refractivity contribution in [1.82, 2.24) is 24.8 Å². The second-order valence-corrected chi connectivity index (χ2v) is 18.6. The molecule has 0 unspecified atom stereocenters. The Morgan fingerprint density at radius 2 is 1.83 bits per heavy atom. The number of halogens is 4. The van der Waals surface area contributed by atoms with Gasteiger partial charge in [-0.25, -0.2) is 22.6 Å². The predicted molar refractivity (Wildman–Crippen MR) is 207 cm³/mol. The van der Waals surface area contributed by atoms with Gasteiger partial charge in [0.25, 0.3) is 5.91 Å². The maximum Gasteiger partial charge on any atom is 0.416 e. The lowest BCUT2D eigenvalue weighted by Gasteiger charge is -2.29. The molecule has 4 heterocycles. The number of hydrogen-bond acceptors (Lipinski definition) is 10. The van der Waals surface area contributed by atoms with Gasteiger partial charge in [-0.15, -0.1) is 11.3 Å². The van der Waals surface area contributed by atoms with Gasteiger partial charge in [-0.05, 0) is 62.3 Å². The number of benzene rings is 2. The Hall–Kier alpha value is -5.04. The zero-order chi connectivity index (χ0) is 41.7. The van der Waals surface area contributed by atoms with Crippen molar-refractivity contribution in [2.75, 3.05) is 11.9 Å². The van der Waals surface area contributed by atoms with Gasteiger partial charge in [0.1, 0.15) is 29.5 Å². The van der Waals surface area contributed by atoms with E-state index in [1.165, 1.54) is 28.0 Å². The molecule has 314 valence electrons. The molecule has 3 N–H and O–H groups in total. The first-order chi connectivity index (χ1) is 28.1. The van der Waals surface area contributed by atoms with Crippen LogP contribution in [0, 0.1) is 11.7 Å². The van der Waals surface area contributed by atoms with E-state index < -0.39 is 86.3 Å². The van der Waals surface area contributed by atoms with Crippen molar-refractivity contribution in [3.8, 4) is 11.3 Å². The molecule has 5 aliphatic rings. The smallest absolute Gasteiger partial charge is 0.416 e. The molecule has 19 heteroatoms. The number of hydrogen-bond donors (Lipinski definition) is 3. The molecule has 2 saturated carbocycles. The van der Waals surface area contributed by atoms with E-state index in [0.717, 1.165) is 29.9 Å². The van der Waals surface area contributed by atoms with Gasteiger partial charge in [0.05, 0.1) is 29.6 Å². The van der Waals surface area contributed by atoms with Crippen molar-refractivity contribution < 1.29 is 49.9 Å². The number of rotatable bonds is 7. The van der Waals surface area contributed by atoms with E-state index in [-0.39, 0.29) is 48.9 Å². The zero-order valence-electron chi connectivity index (χ0n) is 31.7. The number of sulfonamides is 1. The fourth-order valence-electron chi connectivity index (χ4n) is 8.05. The SMILES string of the molecule is O=C1N[C@@]2(C(=O)NS(=O)(=O)C3CC3)C[C@@H]2/C=C\CCCCC[C@H](Nc2nc(-c3cccc(C(F)(F)F)c3)cs2)C(=O)N2C[C@H](OC(=O)N3Cc4cccc(F)c4C3)C[C@@H]12. The van der Waals surface area contributed by atoms with E-state index >= 15 is 0 Å². The quantitative estimate of drug-likeness (QED) is 0.195. The lowest BCUT2D eigenvalue weighted by atomic mass is 10.1. The van der Waals surface area contributed by atoms with Gasteiger partial charge in [0, 0.05) is 35.4 Å². The Kier molecular flexibility index (Phi) is 10.9. The average Bonchev–Trinajstić information content (AvgIpc) is 3.99. The molecule has 0 radical (unpaired) electrons. The summed E-state index contributed by atoms with van der Waals surface area (Å²) in [7, 11) is -3.96. The normalized spacial score (nSPS) is 26.7. The first-order valence-corrected chi connectivity index (χ1v) is 22.0. The van der Waals surface area contributed by atoms with Crippen LogP contribution in [-0.2, 0) is 48.4 Å². The van der Waals surface area contributed by atoms with Crippen molar-refractivity contribution in [3.63, 3.8) is 0 Å². The molecule has 2 aromatic carbocycles. The number of carbonyl (C=O) groups excluding carboxylic acids is 4. The predicted octanol–water partition coefficient (Wildman–Crippen LogP) is 5.87. The number of nitrogens with zero attached hydrogens (tertiary/aromatic N) is 3. The van der Waals surface area contributed by atoms with E-state index in [0.29, 0.717) is 49.7 Å². The van der Waals surface area contributed by atoms with Crippen LogP contribution in [0.15, 0.2) is 60.0 Å². The van der Waals surface area contributed by atoms with E-state index in [2.05, 4.69) is 20.3 Å². The molecule has 3 aromatic rings.